The van der Waals surface area contributed by atoms with E-state index in [0.29, 0.717) is 6.61 Å². The van der Waals surface area contributed by atoms with Gasteiger partial charge in [-0.25, -0.2) is 0 Å². The zero-order valence-corrected chi connectivity index (χ0v) is 17.4. The van der Waals surface area contributed by atoms with Crippen LogP contribution in [0, 0.1) is 0 Å². The predicted octanol–water partition coefficient (Wildman–Crippen LogP) is 5.88. The van der Waals surface area contributed by atoms with Crippen LogP contribution in [0.3, 0.4) is 0 Å². The molecule has 0 saturated carbocycles. The SMILES string of the molecule is CC/C(=C\CCC(O)(CC)CC)c1cccc(COc2cccc(CO)c2)c1. The summed E-state index contributed by atoms with van der Waals surface area (Å²) in [6.07, 6.45) is 6.50. The first-order valence-electron chi connectivity index (χ1n) is 10.4. The third-order valence-electron chi connectivity index (χ3n) is 5.48. The highest BCUT2D eigenvalue weighted by Crippen LogP contribution is 2.25. The van der Waals surface area contributed by atoms with Gasteiger partial charge in [0.05, 0.1) is 12.2 Å². The van der Waals surface area contributed by atoms with Gasteiger partial charge in [-0.3, -0.25) is 0 Å². The Kier molecular flexibility index (Phi) is 8.75. The smallest absolute Gasteiger partial charge is 0.120 e. The van der Waals surface area contributed by atoms with Crippen LogP contribution in [0.15, 0.2) is 54.6 Å². The highest BCUT2D eigenvalue weighted by molar-refractivity contribution is 5.65. The van der Waals surface area contributed by atoms with E-state index >= 15 is 0 Å². The molecule has 0 aliphatic carbocycles. The Morgan fingerprint density at radius 1 is 1.00 bits per heavy atom. The molecule has 3 nitrogen and oxygen atoms in total. The minimum atomic E-state index is -0.547. The number of aliphatic hydroxyl groups is 2. The molecule has 0 spiro atoms. The Balaban J connectivity index is 2.04. The minimum Gasteiger partial charge on any atom is -0.489 e. The highest BCUT2D eigenvalue weighted by atomic mass is 16.5. The van der Waals surface area contributed by atoms with Crippen molar-refractivity contribution >= 4 is 5.57 Å². The Bertz CT molecular complexity index is 760. The molecule has 2 aromatic rings. The maximum absolute atomic E-state index is 10.5. The van der Waals surface area contributed by atoms with Crippen molar-refractivity contribution in [1.82, 2.24) is 0 Å². The van der Waals surface area contributed by atoms with Crippen LogP contribution in [-0.4, -0.2) is 15.8 Å². The van der Waals surface area contributed by atoms with E-state index in [9.17, 15) is 10.2 Å². The molecule has 0 radical (unpaired) electrons. The number of hydrogen-bond donors (Lipinski definition) is 2. The van der Waals surface area contributed by atoms with Gasteiger partial charge in [0.2, 0.25) is 0 Å². The van der Waals surface area contributed by atoms with E-state index in [4.69, 9.17) is 4.74 Å². The van der Waals surface area contributed by atoms with Gasteiger partial charge in [-0.15, -0.1) is 0 Å². The van der Waals surface area contributed by atoms with E-state index in [1.54, 1.807) is 0 Å². The molecule has 0 fully saturated rings. The molecule has 0 atom stereocenters. The average Bonchev–Trinajstić information content (AvgIpc) is 2.75. The molecule has 152 valence electrons. The van der Waals surface area contributed by atoms with Gasteiger partial charge in [0.1, 0.15) is 12.4 Å². The number of allylic oxidation sites excluding steroid dienone is 2. The van der Waals surface area contributed by atoms with Crippen molar-refractivity contribution < 1.29 is 14.9 Å². The van der Waals surface area contributed by atoms with Crippen molar-refractivity contribution in [2.45, 2.75) is 71.7 Å². The molecule has 0 unspecified atom stereocenters. The molecule has 0 heterocycles. The van der Waals surface area contributed by atoms with Gasteiger partial charge < -0.3 is 14.9 Å². The molecule has 0 saturated heterocycles. The van der Waals surface area contributed by atoms with Crippen LogP contribution in [0.5, 0.6) is 5.75 Å². The van der Waals surface area contributed by atoms with Gasteiger partial charge in [0.15, 0.2) is 0 Å². The normalized spacial score (nSPS) is 12.2. The summed E-state index contributed by atoms with van der Waals surface area (Å²) in [6, 6.07) is 16.0. The van der Waals surface area contributed by atoms with Gasteiger partial charge in [-0.2, -0.15) is 0 Å². The maximum Gasteiger partial charge on any atom is 0.120 e. The lowest BCUT2D eigenvalue weighted by Gasteiger charge is -2.24. The van der Waals surface area contributed by atoms with Gasteiger partial charge in [0, 0.05) is 0 Å². The largest absolute Gasteiger partial charge is 0.489 e. The summed E-state index contributed by atoms with van der Waals surface area (Å²) >= 11 is 0. The van der Waals surface area contributed by atoms with Gasteiger partial charge in [-0.05, 0) is 72.6 Å². The average molecular weight is 383 g/mol. The third-order valence-corrected chi connectivity index (χ3v) is 5.48. The molecule has 2 rings (SSSR count). The van der Waals surface area contributed by atoms with Crippen molar-refractivity contribution in [3.8, 4) is 5.75 Å². The first-order chi connectivity index (χ1) is 13.5. The Morgan fingerprint density at radius 2 is 1.71 bits per heavy atom. The van der Waals surface area contributed by atoms with Gasteiger partial charge >= 0.3 is 0 Å². The first-order valence-corrected chi connectivity index (χ1v) is 10.4. The fourth-order valence-corrected chi connectivity index (χ4v) is 3.35. The predicted molar refractivity (Wildman–Crippen MR) is 116 cm³/mol. The Labute approximate surface area is 169 Å². The minimum absolute atomic E-state index is 0.0164. The summed E-state index contributed by atoms with van der Waals surface area (Å²) < 4.78 is 5.89. The van der Waals surface area contributed by atoms with Crippen molar-refractivity contribution in [2.24, 2.45) is 0 Å². The number of hydrogen-bond acceptors (Lipinski definition) is 3. The lowest BCUT2D eigenvalue weighted by Crippen LogP contribution is -2.25. The molecule has 3 heteroatoms. The monoisotopic (exact) mass is 382 g/mol. The summed E-state index contributed by atoms with van der Waals surface area (Å²) in [5, 5.41) is 19.7. The second-order valence-corrected chi connectivity index (χ2v) is 7.35. The molecular weight excluding hydrogens is 348 g/mol. The molecule has 2 N–H and O–H groups in total. The molecule has 0 bridgehead atoms. The fraction of sp³-hybridized carbons (Fsp3) is 0.440. The summed E-state index contributed by atoms with van der Waals surface area (Å²) in [6.45, 7) is 6.77. The van der Waals surface area contributed by atoms with Gasteiger partial charge in [-0.1, -0.05) is 57.2 Å². The maximum atomic E-state index is 10.5. The van der Waals surface area contributed by atoms with E-state index in [-0.39, 0.29) is 6.61 Å². The molecular formula is C25H34O3. The topological polar surface area (TPSA) is 49.7 Å². The highest BCUT2D eigenvalue weighted by Gasteiger charge is 2.20. The fourth-order valence-electron chi connectivity index (χ4n) is 3.35. The van der Waals surface area contributed by atoms with Crippen molar-refractivity contribution in [3.05, 3.63) is 71.3 Å². The van der Waals surface area contributed by atoms with E-state index in [1.165, 1.54) is 11.1 Å². The van der Waals surface area contributed by atoms with Crippen molar-refractivity contribution in [1.29, 1.82) is 0 Å². The molecule has 2 aromatic carbocycles. The lowest BCUT2D eigenvalue weighted by atomic mass is 9.90. The Hall–Kier alpha value is -2.10. The number of benzene rings is 2. The molecule has 28 heavy (non-hydrogen) atoms. The summed E-state index contributed by atoms with van der Waals surface area (Å²) in [4.78, 5) is 0. The number of aliphatic hydroxyl groups excluding tert-OH is 1. The standard InChI is InChI=1S/C25H34O3/c1-4-22(13-9-15-25(27,5-2)6-3)23-12-7-11-21(16-23)19-28-24-14-8-10-20(17-24)18-26/h7-8,10-14,16-17,26-27H,4-6,9,15,18-19H2,1-3H3/b22-13+. The van der Waals surface area contributed by atoms with E-state index in [0.717, 1.165) is 49.0 Å². The van der Waals surface area contributed by atoms with Crippen LogP contribution in [0.25, 0.3) is 5.57 Å². The summed E-state index contributed by atoms with van der Waals surface area (Å²) in [5.41, 5.74) is 3.93. The third kappa shape index (κ3) is 6.50. The summed E-state index contributed by atoms with van der Waals surface area (Å²) in [7, 11) is 0. The van der Waals surface area contributed by atoms with E-state index < -0.39 is 5.60 Å². The van der Waals surface area contributed by atoms with Crippen LogP contribution in [0.4, 0.5) is 0 Å². The van der Waals surface area contributed by atoms with E-state index in [1.807, 2.05) is 38.1 Å². The molecule has 0 aromatic heterocycles. The van der Waals surface area contributed by atoms with Crippen LogP contribution in [0.1, 0.15) is 69.6 Å². The zero-order valence-electron chi connectivity index (χ0n) is 17.4. The van der Waals surface area contributed by atoms with Gasteiger partial charge in [0.25, 0.3) is 0 Å². The second-order valence-electron chi connectivity index (χ2n) is 7.35. The first kappa shape index (κ1) is 22.2. The van der Waals surface area contributed by atoms with Crippen LogP contribution < -0.4 is 4.74 Å². The van der Waals surface area contributed by atoms with Crippen molar-refractivity contribution in [2.75, 3.05) is 0 Å². The Morgan fingerprint density at radius 3 is 2.39 bits per heavy atom. The molecule has 0 amide bonds. The van der Waals surface area contributed by atoms with Crippen LogP contribution >= 0.6 is 0 Å². The van der Waals surface area contributed by atoms with E-state index in [2.05, 4.69) is 37.3 Å². The number of ether oxygens (including phenoxy) is 1. The number of rotatable bonds is 11. The van der Waals surface area contributed by atoms with Crippen LogP contribution in [-0.2, 0) is 13.2 Å². The lowest BCUT2D eigenvalue weighted by molar-refractivity contribution is 0.0246. The second kappa shape index (κ2) is 11.0. The molecule has 0 aliphatic heterocycles. The zero-order chi connectivity index (χ0) is 20.4. The quantitative estimate of drug-likeness (QED) is 0.510. The summed E-state index contributed by atoms with van der Waals surface area (Å²) in [5.74, 6) is 0.765. The van der Waals surface area contributed by atoms with Crippen LogP contribution in [0.2, 0.25) is 0 Å². The van der Waals surface area contributed by atoms with Crippen molar-refractivity contribution in [3.63, 3.8) is 0 Å². The molecule has 0 aliphatic rings.